The summed E-state index contributed by atoms with van der Waals surface area (Å²) in [5, 5.41) is 2.57. The number of methoxy groups -OCH3 is 1. The summed E-state index contributed by atoms with van der Waals surface area (Å²) in [6.07, 6.45) is 3.01. The van der Waals surface area contributed by atoms with Gasteiger partial charge in [-0.3, -0.25) is 4.79 Å². The Bertz CT molecular complexity index is 830. The molecule has 2 aromatic carbocycles. The molecule has 0 saturated carbocycles. The monoisotopic (exact) mass is 413 g/mol. The zero-order valence-electron chi connectivity index (χ0n) is 17.4. The molecule has 0 aromatic heterocycles. The smallest absolute Gasteiger partial charge is 0.328 e. The number of carbonyl (C=O) groups excluding carboxylic acids is 2. The third-order valence-electron chi connectivity index (χ3n) is 3.99. The molecule has 0 bridgehead atoms. The van der Waals surface area contributed by atoms with Crippen LogP contribution in [0.3, 0.4) is 0 Å². The Hall–Kier alpha value is -3.48. The maximum Gasteiger partial charge on any atom is 0.328 e. The van der Waals surface area contributed by atoms with Gasteiger partial charge in [0.15, 0.2) is 0 Å². The molecule has 1 N–H and O–H groups in total. The number of nitrogens with one attached hydrogen (secondary N) is 1. The Balaban J connectivity index is 1.68. The summed E-state index contributed by atoms with van der Waals surface area (Å²) in [6, 6.07) is 13.7. The van der Waals surface area contributed by atoms with E-state index in [9.17, 15) is 9.59 Å². The molecule has 0 saturated heterocycles. The average Bonchev–Trinajstić information content (AvgIpc) is 2.76. The summed E-state index contributed by atoms with van der Waals surface area (Å²) in [4.78, 5) is 24.0. The molecule has 0 aliphatic heterocycles. The topological polar surface area (TPSA) is 83.1 Å². The number of hydrogen-bond donors (Lipinski definition) is 1. The van der Waals surface area contributed by atoms with Gasteiger partial charge in [-0.25, -0.2) is 4.79 Å². The molecule has 2 aromatic rings. The van der Waals surface area contributed by atoms with Crippen molar-refractivity contribution < 1.29 is 28.5 Å². The number of hydrogen-bond acceptors (Lipinski definition) is 6. The molecular weight excluding hydrogens is 386 g/mol. The molecule has 0 aliphatic carbocycles. The van der Waals surface area contributed by atoms with Gasteiger partial charge >= 0.3 is 5.97 Å². The Labute approximate surface area is 176 Å². The van der Waals surface area contributed by atoms with Crippen LogP contribution < -0.4 is 19.5 Å². The highest BCUT2D eigenvalue weighted by molar-refractivity contribution is 5.94. The highest BCUT2D eigenvalue weighted by Gasteiger charge is 2.15. The van der Waals surface area contributed by atoms with E-state index in [0.29, 0.717) is 12.4 Å². The van der Waals surface area contributed by atoms with Crippen LogP contribution in [-0.4, -0.2) is 44.8 Å². The summed E-state index contributed by atoms with van der Waals surface area (Å²) in [5.41, 5.74) is 0.840. The quantitative estimate of drug-likeness (QED) is 0.346. The van der Waals surface area contributed by atoms with Gasteiger partial charge in [-0.1, -0.05) is 12.1 Å². The number of benzene rings is 2. The van der Waals surface area contributed by atoms with Crippen molar-refractivity contribution in [1.29, 1.82) is 0 Å². The molecule has 0 fully saturated rings. The number of ether oxygens (including phenoxy) is 4. The van der Waals surface area contributed by atoms with Gasteiger partial charge in [0.05, 0.1) is 13.7 Å². The third-order valence-corrected chi connectivity index (χ3v) is 3.99. The Morgan fingerprint density at radius 3 is 2.13 bits per heavy atom. The van der Waals surface area contributed by atoms with E-state index in [1.54, 1.807) is 44.4 Å². The van der Waals surface area contributed by atoms with E-state index in [-0.39, 0.29) is 19.1 Å². The Morgan fingerprint density at radius 1 is 0.933 bits per heavy atom. The first kappa shape index (κ1) is 22.8. The summed E-state index contributed by atoms with van der Waals surface area (Å²) in [7, 11) is 1.59. The first-order valence-electron chi connectivity index (χ1n) is 9.66. The fraction of sp³-hybridized carbons (Fsp3) is 0.304. The van der Waals surface area contributed by atoms with E-state index in [1.807, 2.05) is 31.2 Å². The van der Waals surface area contributed by atoms with Crippen LogP contribution in [0.5, 0.6) is 17.2 Å². The van der Waals surface area contributed by atoms with Gasteiger partial charge < -0.3 is 24.3 Å². The largest absolute Gasteiger partial charge is 0.497 e. The van der Waals surface area contributed by atoms with Gasteiger partial charge in [-0.15, -0.1) is 0 Å². The van der Waals surface area contributed by atoms with Crippen molar-refractivity contribution in [2.75, 3.05) is 26.9 Å². The maximum absolute atomic E-state index is 12.0. The van der Waals surface area contributed by atoms with Gasteiger partial charge in [-0.2, -0.15) is 0 Å². The van der Waals surface area contributed by atoms with E-state index in [0.717, 1.165) is 17.1 Å². The summed E-state index contributed by atoms with van der Waals surface area (Å²) in [6.45, 7) is 4.36. The van der Waals surface area contributed by atoms with Gasteiger partial charge in [0, 0.05) is 6.08 Å². The van der Waals surface area contributed by atoms with Crippen LogP contribution >= 0.6 is 0 Å². The predicted molar refractivity (Wildman–Crippen MR) is 114 cm³/mol. The fourth-order valence-corrected chi connectivity index (χ4v) is 2.43. The standard InChI is InChI=1S/C23H27NO6/c1-4-28-20-10-12-21(13-11-20)29-15-16-30-23(26)17(2)24-22(25)14-7-18-5-8-19(27-3)9-6-18/h5-14,17H,4,15-16H2,1-3H3,(H,24,25)/b14-7+/t17-/m0/s1. The first-order chi connectivity index (χ1) is 14.5. The van der Waals surface area contributed by atoms with Crippen LogP contribution in [0, 0.1) is 0 Å². The van der Waals surface area contributed by atoms with E-state index in [4.69, 9.17) is 18.9 Å². The van der Waals surface area contributed by atoms with Gasteiger partial charge in [0.2, 0.25) is 5.91 Å². The number of esters is 1. The predicted octanol–water partition coefficient (Wildman–Crippen LogP) is 3.23. The van der Waals surface area contributed by atoms with Crippen molar-refractivity contribution in [3.05, 3.63) is 60.2 Å². The number of rotatable bonds is 11. The fourth-order valence-electron chi connectivity index (χ4n) is 2.43. The second-order valence-electron chi connectivity index (χ2n) is 6.26. The van der Waals surface area contributed by atoms with Gasteiger partial charge in [0.25, 0.3) is 0 Å². The average molecular weight is 413 g/mol. The van der Waals surface area contributed by atoms with Crippen LogP contribution in [0.15, 0.2) is 54.6 Å². The molecule has 7 nitrogen and oxygen atoms in total. The zero-order chi connectivity index (χ0) is 21.8. The molecule has 30 heavy (non-hydrogen) atoms. The Morgan fingerprint density at radius 2 is 1.53 bits per heavy atom. The first-order valence-corrected chi connectivity index (χ1v) is 9.66. The molecule has 160 valence electrons. The van der Waals surface area contributed by atoms with Crippen molar-refractivity contribution in [3.63, 3.8) is 0 Å². The van der Waals surface area contributed by atoms with E-state index < -0.39 is 12.0 Å². The molecule has 0 radical (unpaired) electrons. The van der Waals surface area contributed by atoms with Crippen molar-refractivity contribution in [2.45, 2.75) is 19.9 Å². The summed E-state index contributed by atoms with van der Waals surface area (Å²) in [5.74, 6) is 1.23. The van der Waals surface area contributed by atoms with Crippen LogP contribution in [0.4, 0.5) is 0 Å². The normalized spacial score (nSPS) is 11.6. The van der Waals surface area contributed by atoms with Crippen molar-refractivity contribution in [3.8, 4) is 17.2 Å². The van der Waals surface area contributed by atoms with Crippen LogP contribution in [-0.2, 0) is 14.3 Å². The molecule has 0 aliphatic rings. The molecule has 1 atom stereocenters. The summed E-state index contributed by atoms with van der Waals surface area (Å²) < 4.78 is 21.1. The molecule has 0 heterocycles. The van der Waals surface area contributed by atoms with Gasteiger partial charge in [-0.05, 0) is 61.9 Å². The van der Waals surface area contributed by atoms with Crippen LogP contribution in [0.2, 0.25) is 0 Å². The molecule has 2 rings (SSSR count). The van der Waals surface area contributed by atoms with Crippen LogP contribution in [0.1, 0.15) is 19.4 Å². The van der Waals surface area contributed by atoms with E-state index >= 15 is 0 Å². The number of carbonyl (C=O) groups is 2. The number of amides is 1. The molecular formula is C23H27NO6. The highest BCUT2D eigenvalue weighted by Crippen LogP contribution is 2.17. The van der Waals surface area contributed by atoms with Crippen molar-refractivity contribution >= 4 is 18.0 Å². The lowest BCUT2D eigenvalue weighted by Gasteiger charge is -2.13. The van der Waals surface area contributed by atoms with Crippen molar-refractivity contribution in [2.24, 2.45) is 0 Å². The Kier molecular flexibility index (Phi) is 9.24. The van der Waals surface area contributed by atoms with Gasteiger partial charge in [0.1, 0.15) is 36.5 Å². The molecule has 0 spiro atoms. The minimum absolute atomic E-state index is 0.0773. The molecule has 0 unspecified atom stereocenters. The maximum atomic E-state index is 12.0. The minimum atomic E-state index is -0.775. The SMILES string of the molecule is CCOc1ccc(OCCOC(=O)[C@H](C)NC(=O)/C=C/c2ccc(OC)cc2)cc1. The van der Waals surface area contributed by atoms with Crippen LogP contribution in [0.25, 0.3) is 6.08 Å². The lowest BCUT2D eigenvalue weighted by atomic mass is 10.2. The lowest BCUT2D eigenvalue weighted by molar-refractivity contribution is -0.147. The second-order valence-corrected chi connectivity index (χ2v) is 6.26. The lowest BCUT2D eigenvalue weighted by Crippen LogP contribution is -2.39. The summed E-state index contributed by atoms with van der Waals surface area (Å²) >= 11 is 0. The molecule has 1 amide bonds. The third kappa shape index (κ3) is 7.87. The van der Waals surface area contributed by atoms with E-state index in [2.05, 4.69) is 5.32 Å². The highest BCUT2D eigenvalue weighted by atomic mass is 16.6. The minimum Gasteiger partial charge on any atom is -0.497 e. The zero-order valence-corrected chi connectivity index (χ0v) is 17.4. The molecule has 7 heteroatoms. The van der Waals surface area contributed by atoms with E-state index in [1.165, 1.54) is 6.08 Å². The second kappa shape index (κ2) is 12.2. The van der Waals surface area contributed by atoms with Crippen molar-refractivity contribution in [1.82, 2.24) is 5.32 Å².